The van der Waals surface area contributed by atoms with Crippen LogP contribution in [0.3, 0.4) is 0 Å². The molecule has 26 heavy (non-hydrogen) atoms. The standard InChI is InChI=1S/C18H13N7O/c26-17-15-13(14(20-21-17)11-7-3-1-4-8-11)16(12-9-5-2-6-10-12)25-18(19-15)22-23-24-25/h1-10,16H,(H,21,26)(H,19,22,24)/t16-/m0/s1. The van der Waals surface area contributed by atoms with Gasteiger partial charge in [0.2, 0.25) is 5.95 Å². The molecule has 0 fully saturated rings. The normalized spacial score (nSPS) is 15.0. The Hall–Kier alpha value is -3.81. The number of nitrogens with zero attached hydrogens (tertiary/aromatic N) is 5. The number of H-pyrrole nitrogens is 1. The number of aromatic nitrogens is 6. The molecule has 0 saturated heterocycles. The van der Waals surface area contributed by atoms with Crippen molar-refractivity contribution in [2.75, 3.05) is 5.32 Å². The molecule has 2 aromatic carbocycles. The van der Waals surface area contributed by atoms with E-state index in [1.807, 2.05) is 60.7 Å². The van der Waals surface area contributed by atoms with E-state index in [0.29, 0.717) is 17.3 Å². The number of rotatable bonds is 2. The van der Waals surface area contributed by atoms with Gasteiger partial charge in [-0.1, -0.05) is 65.8 Å². The Morgan fingerprint density at radius 1 is 0.962 bits per heavy atom. The first kappa shape index (κ1) is 14.5. The Morgan fingerprint density at radius 2 is 1.69 bits per heavy atom. The van der Waals surface area contributed by atoms with Crippen LogP contribution in [0.5, 0.6) is 0 Å². The molecule has 0 unspecified atom stereocenters. The average Bonchev–Trinajstić information content (AvgIpc) is 3.16. The lowest BCUT2D eigenvalue weighted by Gasteiger charge is -2.27. The zero-order chi connectivity index (χ0) is 17.5. The van der Waals surface area contributed by atoms with Gasteiger partial charge in [0, 0.05) is 11.1 Å². The van der Waals surface area contributed by atoms with Crippen molar-refractivity contribution in [2.24, 2.45) is 0 Å². The first-order chi connectivity index (χ1) is 12.8. The summed E-state index contributed by atoms with van der Waals surface area (Å²) < 4.78 is 1.67. The van der Waals surface area contributed by atoms with Crippen LogP contribution in [0.15, 0.2) is 65.5 Å². The molecule has 8 heteroatoms. The zero-order valence-electron chi connectivity index (χ0n) is 13.5. The highest BCUT2D eigenvalue weighted by atomic mass is 16.1. The maximum atomic E-state index is 12.5. The van der Waals surface area contributed by atoms with Gasteiger partial charge in [-0.05, 0) is 16.0 Å². The van der Waals surface area contributed by atoms with E-state index in [0.717, 1.165) is 16.7 Å². The third-order valence-electron chi connectivity index (χ3n) is 4.43. The number of hydrogen-bond acceptors (Lipinski definition) is 6. The topological polar surface area (TPSA) is 101 Å². The van der Waals surface area contributed by atoms with Gasteiger partial charge in [0.25, 0.3) is 5.56 Å². The second-order valence-electron chi connectivity index (χ2n) is 5.94. The van der Waals surface area contributed by atoms with Gasteiger partial charge in [-0.15, -0.1) is 0 Å². The lowest BCUT2D eigenvalue weighted by molar-refractivity contribution is 0.567. The third-order valence-corrected chi connectivity index (χ3v) is 4.43. The Morgan fingerprint density at radius 3 is 2.46 bits per heavy atom. The highest BCUT2D eigenvalue weighted by molar-refractivity contribution is 5.75. The number of aromatic amines is 1. The SMILES string of the molecule is O=c1[nH]nc(-c2ccccc2)c2c1Nc1nnnn1[C@H]2c1ccccc1. The number of hydrogen-bond donors (Lipinski definition) is 2. The van der Waals surface area contributed by atoms with Gasteiger partial charge < -0.3 is 5.32 Å². The fraction of sp³-hybridized carbons (Fsp3) is 0.0556. The number of tetrazole rings is 1. The van der Waals surface area contributed by atoms with Gasteiger partial charge >= 0.3 is 0 Å². The van der Waals surface area contributed by atoms with Gasteiger partial charge in [-0.2, -0.15) is 9.78 Å². The van der Waals surface area contributed by atoms with Crippen molar-refractivity contribution in [3.8, 4) is 11.3 Å². The summed E-state index contributed by atoms with van der Waals surface area (Å²) in [4.78, 5) is 12.5. The number of nitrogens with one attached hydrogen (secondary N) is 2. The van der Waals surface area contributed by atoms with E-state index < -0.39 is 0 Å². The van der Waals surface area contributed by atoms with Crippen LogP contribution in [0.2, 0.25) is 0 Å². The molecule has 0 amide bonds. The Kier molecular flexibility index (Phi) is 3.14. The highest BCUT2D eigenvalue weighted by Gasteiger charge is 2.34. The summed E-state index contributed by atoms with van der Waals surface area (Å²) in [6, 6.07) is 19.2. The smallest absolute Gasteiger partial charge is 0.288 e. The van der Waals surface area contributed by atoms with Crippen LogP contribution >= 0.6 is 0 Å². The zero-order valence-corrected chi connectivity index (χ0v) is 13.5. The van der Waals surface area contributed by atoms with E-state index in [4.69, 9.17) is 0 Å². The van der Waals surface area contributed by atoms with Gasteiger partial charge in [0.1, 0.15) is 11.7 Å². The third kappa shape index (κ3) is 2.12. The summed E-state index contributed by atoms with van der Waals surface area (Å²) in [6.45, 7) is 0. The van der Waals surface area contributed by atoms with Crippen molar-refractivity contribution in [3.63, 3.8) is 0 Å². The van der Waals surface area contributed by atoms with Crippen LogP contribution < -0.4 is 10.9 Å². The van der Waals surface area contributed by atoms with Crippen molar-refractivity contribution in [2.45, 2.75) is 6.04 Å². The summed E-state index contributed by atoms with van der Waals surface area (Å²) in [7, 11) is 0. The molecule has 1 atom stereocenters. The van der Waals surface area contributed by atoms with E-state index in [1.165, 1.54) is 0 Å². The predicted molar refractivity (Wildman–Crippen MR) is 95.1 cm³/mol. The van der Waals surface area contributed by atoms with E-state index >= 15 is 0 Å². The fourth-order valence-electron chi connectivity index (χ4n) is 3.30. The molecule has 1 aliphatic heterocycles. The van der Waals surface area contributed by atoms with E-state index in [2.05, 4.69) is 31.0 Å². The maximum Gasteiger partial charge on any atom is 0.288 e. The van der Waals surface area contributed by atoms with Crippen molar-refractivity contribution in [1.29, 1.82) is 0 Å². The van der Waals surface area contributed by atoms with Crippen molar-refractivity contribution < 1.29 is 0 Å². The molecule has 4 aromatic rings. The maximum absolute atomic E-state index is 12.5. The van der Waals surface area contributed by atoms with Crippen molar-refractivity contribution >= 4 is 11.6 Å². The lowest BCUT2D eigenvalue weighted by atomic mass is 9.92. The Labute approximate surface area is 147 Å². The van der Waals surface area contributed by atoms with Crippen LogP contribution in [0, 0.1) is 0 Å². The number of anilines is 2. The van der Waals surface area contributed by atoms with E-state index in [1.54, 1.807) is 4.68 Å². The Bertz CT molecular complexity index is 1140. The molecule has 0 aliphatic carbocycles. The summed E-state index contributed by atoms with van der Waals surface area (Å²) in [5, 5.41) is 21.8. The second-order valence-corrected chi connectivity index (χ2v) is 5.94. The molecular weight excluding hydrogens is 330 g/mol. The predicted octanol–water partition coefficient (Wildman–Crippen LogP) is 2.12. The highest BCUT2D eigenvalue weighted by Crippen LogP contribution is 2.40. The molecular formula is C18H13N7O. The minimum absolute atomic E-state index is 0.310. The van der Waals surface area contributed by atoms with Gasteiger partial charge in [0.05, 0.1) is 5.69 Å². The monoisotopic (exact) mass is 343 g/mol. The van der Waals surface area contributed by atoms with Crippen LogP contribution in [0.25, 0.3) is 11.3 Å². The summed E-state index contributed by atoms with van der Waals surface area (Å²) >= 11 is 0. The van der Waals surface area contributed by atoms with Crippen LogP contribution in [0.1, 0.15) is 17.2 Å². The van der Waals surface area contributed by atoms with E-state index in [-0.39, 0.29) is 11.6 Å². The molecule has 0 spiro atoms. The molecule has 2 N–H and O–H groups in total. The van der Waals surface area contributed by atoms with Gasteiger partial charge in [-0.3, -0.25) is 4.79 Å². The molecule has 0 bridgehead atoms. The van der Waals surface area contributed by atoms with Gasteiger partial charge in [-0.25, -0.2) is 5.10 Å². The second kappa shape index (κ2) is 5.62. The number of fused-ring (bicyclic) bond motifs is 2. The molecule has 3 heterocycles. The molecule has 2 aromatic heterocycles. The quantitative estimate of drug-likeness (QED) is 0.509. The molecule has 0 saturated carbocycles. The fourth-order valence-corrected chi connectivity index (χ4v) is 3.30. The molecule has 8 nitrogen and oxygen atoms in total. The summed E-state index contributed by atoms with van der Waals surface area (Å²) in [6.07, 6.45) is 0. The molecule has 126 valence electrons. The summed E-state index contributed by atoms with van der Waals surface area (Å²) in [5.74, 6) is 0.419. The minimum atomic E-state index is -0.359. The summed E-state index contributed by atoms with van der Waals surface area (Å²) in [5.41, 5.74) is 3.39. The minimum Gasteiger partial charge on any atom is -0.318 e. The van der Waals surface area contributed by atoms with E-state index in [9.17, 15) is 4.79 Å². The van der Waals surface area contributed by atoms with Crippen LogP contribution in [-0.4, -0.2) is 30.4 Å². The average molecular weight is 343 g/mol. The first-order valence-corrected chi connectivity index (χ1v) is 8.11. The van der Waals surface area contributed by atoms with Crippen molar-refractivity contribution in [3.05, 3.63) is 82.1 Å². The molecule has 0 radical (unpaired) electrons. The Balaban J connectivity index is 1.84. The lowest BCUT2D eigenvalue weighted by Crippen LogP contribution is -2.29. The number of benzene rings is 2. The largest absolute Gasteiger partial charge is 0.318 e. The van der Waals surface area contributed by atoms with Crippen LogP contribution in [0.4, 0.5) is 11.6 Å². The molecule has 1 aliphatic rings. The molecule has 5 rings (SSSR count). The van der Waals surface area contributed by atoms with Gasteiger partial charge in [0.15, 0.2) is 0 Å². The van der Waals surface area contributed by atoms with Crippen molar-refractivity contribution in [1.82, 2.24) is 30.4 Å². The first-order valence-electron chi connectivity index (χ1n) is 8.11. The van der Waals surface area contributed by atoms with Crippen LogP contribution in [-0.2, 0) is 0 Å².